The molecule has 2 N–H and O–H groups in total. The lowest BCUT2D eigenvalue weighted by molar-refractivity contribution is 0.0977. The number of nitrogens with one attached hydrogen (secondary N) is 2. The first-order chi connectivity index (χ1) is 21.4. The second-order valence-corrected chi connectivity index (χ2v) is 13.6. The molecule has 0 saturated carbocycles. The van der Waals surface area contributed by atoms with E-state index >= 15 is 0 Å². The van der Waals surface area contributed by atoms with E-state index in [0.717, 1.165) is 41.1 Å². The summed E-state index contributed by atoms with van der Waals surface area (Å²) in [6.45, 7) is 5.19. The average Bonchev–Trinajstić information content (AvgIpc) is 3.43. The van der Waals surface area contributed by atoms with Gasteiger partial charge >= 0.3 is 0 Å². The SMILES string of the molecule is Cc1cc([C@@H](C)Nc2ccc(Cl)nc2C(=O)NS(C)(=O)=O)c2nc(N3CCC(n4ncc5ccccc54)CC3)n(C)c(=O)c2c1. The number of carbonyl (C=O) groups is 1. The molecule has 1 fully saturated rings. The van der Waals surface area contributed by atoms with Crippen LogP contribution in [0.3, 0.4) is 0 Å². The van der Waals surface area contributed by atoms with Crippen LogP contribution in [0.1, 0.15) is 53.5 Å². The third kappa shape index (κ3) is 6.09. The highest BCUT2D eigenvalue weighted by Crippen LogP contribution is 2.31. The molecule has 234 valence electrons. The lowest BCUT2D eigenvalue weighted by Gasteiger charge is -2.34. The molecule has 1 aliphatic heterocycles. The Morgan fingerprint density at radius 1 is 1.09 bits per heavy atom. The molecule has 1 saturated heterocycles. The molecule has 1 amide bonds. The van der Waals surface area contributed by atoms with Crippen molar-refractivity contribution in [3.8, 4) is 0 Å². The molecule has 0 aliphatic carbocycles. The topological polar surface area (TPSA) is 144 Å². The van der Waals surface area contributed by atoms with Crippen molar-refractivity contribution in [1.29, 1.82) is 0 Å². The summed E-state index contributed by atoms with van der Waals surface area (Å²) in [5.74, 6) is -0.334. The molecular formula is C31H33ClN8O4S. The van der Waals surface area contributed by atoms with Gasteiger partial charge < -0.3 is 10.2 Å². The van der Waals surface area contributed by atoms with Crippen molar-refractivity contribution in [3.63, 3.8) is 0 Å². The minimum absolute atomic E-state index is 0.0344. The van der Waals surface area contributed by atoms with E-state index in [-0.39, 0.29) is 28.1 Å². The highest BCUT2D eigenvalue weighted by molar-refractivity contribution is 7.89. The number of anilines is 2. The molecule has 3 aromatic heterocycles. The van der Waals surface area contributed by atoms with E-state index in [1.165, 1.54) is 6.07 Å². The zero-order valence-corrected chi connectivity index (χ0v) is 26.9. The molecule has 1 aliphatic rings. The van der Waals surface area contributed by atoms with E-state index in [1.54, 1.807) is 17.7 Å². The normalized spacial score (nSPS) is 15.0. The molecule has 6 rings (SSSR count). The van der Waals surface area contributed by atoms with Crippen molar-refractivity contribution < 1.29 is 13.2 Å². The van der Waals surface area contributed by atoms with Crippen LogP contribution in [-0.2, 0) is 17.1 Å². The van der Waals surface area contributed by atoms with Gasteiger partial charge in [0.15, 0.2) is 5.69 Å². The predicted molar refractivity (Wildman–Crippen MR) is 176 cm³/mol. The van der Waals surface area contributed by atoms with E-state index in [9.17, 15) is 18.0 Å². The van der Waals surface area contributed by atoms with Crippen molar-refractivity contribution in [2.24, 2.45) is 7.05 Å². The molecule has 4 heterocycles. The van der Waals surface area contributed by atoms with Crippen LogP contribution < -0.4 is 20.5 Å². The molecule has 2 aromatic carbocycles. The van der Waals surface area contributed by atoms with Crippen LogP contribution in [0.4, 0.5) is 11.6 Å². The molecular weight excluding hydrogens is 616 g/mol. The number of amides is 1. The number of fused-ring (bicyclic) bond motifs is 2. The fourth-order valence-corrected chi connectivity index (χ4v) is 6.58. The Balaban J connectivity index is 1.32. The highest BCUT2D eigenvalue weighted by Gasteiger charge is 2.27. The highest BCUT2D eigenvalue weighted by atomic mass is 35.5. The molecule has 0 spiro atoms. The molecule has 0 bridgehead atoms. The van der Waals surface area contributed by atoms with Gasteiger partial charge in [0, 0.05) is 31.1 Å². The summed E-state index contributed by atoms with van der Waals surface area (Å²) < 4.78 is 29.1. The van der Waals surface area contributed by atoms with Crippen molar-refractivity contribution in [1.82, 2.24) is 29.0 Å². The fourth-order valence-electron chi connectivity index (χ4n) is 6.00. The lowest BCUT2D eigenvalue weighted by atomic mass is 10.0. The van der Waals surface area contributed by atoms with Crippen LogP contribution in [-0.4, -0.2) is 58.0 Å². The summed E-state index contributed by atoms with van der Waals surface area (Å²) in [6, 6.07) is 14.8. The first-order valence-corrected chi connectivity index (χ1v) is 16.8. The fraction of sp³-hybridized carbons (Fsp3) is 0.323. The van der Waals surface area contributed by atoms with Crippen LogP contribution >= 0.6 is 11.6 Å². The van der Waals surface area contributed by atoms with Gasteiger partial charge in [-0.3, -0.25) is 18.8 Å². The summed E-state index contributed by atoms with van der Waals surface area (Å²) in [7, 11) is -2.09. The Hall–Kier alpha value is -4.49. The Morgan fingerprint density at radius 3 is 2.56 bits per heavy atom. The van der Waals surface area contributed by atoms with Crippen LogP contribution in [0.5, 0.6) is 0 Å². The molecule has 5 aromatic rings. The van der Waals surface area contributed by atoms with Gasteiger partial charge in [0.1, 0.15) is 5.15 Å². The smallest absolute Gasteiger partial charge is 0.285 e. The third-order valence-electron chi connectivity index (χ3n) is 8.12. The van der Waals surface area contributed by atoms with Crippen LogP contribution in [0.25, 0.3) is 21.8 Å². The summed E-state index contributed by atoms with van der Waals surface area (Å²) in [6.07, 6.45) is 4.48. The molecule has 0 unspecified atom stereocenters. The zero-order valence-electron chi connectivity index (χ0n) is 25.3. The van der Waals surface area contributed by atoms with Crippen LogP contribution in [0.15, 0.2) is 59.5 Å². The summed E-state index contributed by atoms with van der Waals surface area (Å²) >= 11 is 6.05. The summed E-state index contributed by atoms with van der Waals surface area (Å²) in [5, 5.41) is 9.54. The van der Waals surface area contributed by atoms with Crippen molar-refractivity contribution in [2.45, 2.75) is 38.8 Å². The maximum Gasteiger partial charge on any atom is 0.285 e. The number of sulfonamides is 1. The maximum atomic E-state index is 13.7. The monoisotopic (exact) mass is 648 g/mol. The summed E-state index contributed by atoms with van der Waals surface area (Å²) in [5.41, 5.74) is 3.22. The van der Waals surface area contributed by atoms with Crippen molar-refractivity contribution >= 4 is 61.0 Å². The van der Waals surface area contributed by atoms with Gasteiger partial charge in [0.25, 0.3) is 11.5 Å². The number of carbonyl (C=O) groups excluding carboxylic acids is 1. The largest absolute Gasteiger partial charge is 0.377 e. The predicted octanol–water partition coefficient (Wildman–Crippen LogP) is 4.34. The van der Waals surface area contributed by atoms with Gasteiger partial charge in [0.05, 0.1) is 46.6 Å². The first-order valence-electron chi connectivity index (χ1n) is 14.5. The number of halogens is 1. The Labute approximate surface area is 265 Å². The van der Waals surface area contributed by atoms with Gasteiger partial charge in [-0.2, -0.15) is 5.10 Å². The number of hydrogen-bond donors (Lipinski definition) is 2. The number of aromatic nitrogens is 5. The standard InChI is InChI=1S/C31H33ClN8O4S/c1-18-15-22(19(2)34-24-9-10-26(32)35-28(24)29(41)37-45(4,43)44)27-23(16-18)30(42)38(3)31(36-27)39-13-11-21(12-14-39)40-25-8-6-5-7-20(25)17-33-40/h5-10,15-17,19,21,34H,11-14H2,1-4H3,(H,37,41)/t19-/m1/s1. The van der Waals surface area contributed by atoms with Gasteiger partial charge in [0.2, 0.25) is 16.0 Å². The number of aryl methyl sites for hydroxylation is 1. The lowest BCUT2D eigenvalue weighted by Crippen LogP contribution is -2.39. The number of hydrogen-bond acceptors (Lipinski definition) is 9. The zero-order chi connectivity index (χ0) is 32.0. The second-order valence-electron chi connectivity index (χ2n) is 11.5. The minimum Gasteiger partial charge on any atom is -0.377 e. The number of rotatable bonds is 7. The molecule has 14 heteroatoms. The Bertz CT molecular complexity index is 2120. The van der Waals surface area contributed by atoms with Gasteiger partial charge in [-0.1, -0.05) is 35.9 Å². The third-order valence-corrected chi connectivity index (χ3v) is 8.89. The van der Waals surface area contributed by atoms with Crippen molar-refractivity contribution in [2.75, 3.05) is 29.6 Å². The van der Waals surface area contributed by atoms with Gasteiger partial charge in [-0.05, 0) is 56.5 Å². The molecule has 45 heavy (non-hydrogen) atoms. The molecule has 12 nitrogen and oxygen atoms in total. The van der Waals surface area contributed by atoms with E-state index in [1.807, 2.05) is 49.0 Å². The van der Waals surface area contributed by atoms with Gasteiger partial charge in [-0.15, -0.1) is 0 Å². The quantitative estimate of drug-likeness (QED) is 0.246. The van der Waals surface area contributed by atoms with Gasteiger partial charge in [-0.25, -0.2) is 23.1 Å². The van der Waals surface area contributed by atoms with Crippen LogP contribution in [0.2, 0.25) is 5.15 Å². The number of pyridine rings is 1. The Kier molecular flexibility index (Phi) is 8.00. The number of piperidine rings is 1. The Morgan fingerprint density at radius 2 is 1.82 bits per heavy atom. The number of nitrogens with zero attached hydrogens (tertiary/aromatic N) is 6. The molecule has 1 atom stereocenters. The number of para-hydroxylation sites is 1. The second kappa shape index (κ2) is 11.8. The summed E-state index contributed by atoms with van der Waals surface area (Å²) in [4.78, 5) is 37.7. The van der Waals surface area contributed by atoms with Crippen LogP contribution in [0, 0.1) is 6.92 Å². The number of benzene rings is 2. The maximum absolute atomic E-state index is 13.7. The average molecular weight is 649 g/mol. The van der Waals surface area contributed by atoms with E-state index < -0.39 is 22.0 Å². The van der Waals surface area contributed by atoms with E-state index in [0.29, 0.717) is 29.9 Å². The van der Waals surface area contributed by atoms with E-state index in [2.05, 4.69) is 37.1 Å². The van der Waals surface area contributed by atoms with Crippen molar-refractivity contribution in [3.05, 3.63) is 87.1 Å². The van der Waals surface area contributed by atoms with E-state index in [4.69, 9.17) is 16.6 Å². The molecule has 0 radical (unpaired) electrons. The minimum atomic E-state index is -3.83. The first kappa shape index (κ1) is 30.5.